The lowest BCUT2D eigenvalue weighted by Gasteiger charge is -2.03. The second kappa shape index (κ2) is 3.26. The number of hydrogen-bond acceptors (Lipinski definition) is 0. The topological polar surface area (TPSA) is 9.86 Å². The Bertz CT molecular complexity index is 362. The molecule has 0 fully saturated rings. The van der Waals surface area contributed by atoms with Crippen LogP contribution in [0.15, 0.2) is 36.7 Å². The van der Waals surface area contributed by atoms with Crippen molar-refractivity contribution in [2.45, 2.75) is 0 Å². The number of rotatable bonds is 2. The summed E-state index contributed by atoms with van der Waals surface area (Å²) in [6.45, 7) is 0. The van der Waals surface area contributed by atoms with Gasteiger partial charge in [0.05, 0.1) is 0 Å². The van der Waals surface area contributed by atoms with Gasteiger partial charge in [0, 0.05) is 37.1 Å². The standard InChI is InChI=1S/C10H14N2Si/c1-11-7-3-5-9(11)13-10-6-4-8-12(10)2/h3-8H,13H2,1-2H3. The number of aromatic nitrogens is 2. The first-order valence-electron chi connectivity index (χ1n) is 4.48. The van der Waals surface area contributed by atoms with Crippen LogP contribution in [0.1, 0.15) is 0 Å². The predicted octanol–water partition coefficient (Wildman–Crippen LogP) is -0.517. The zero-order valence-electron chi connectivity index (χ0n) is 8.07. The summed E-state index contributed by atoms with van der Waals surface area (Å²) in [6, 6.07) is 8.68. The van der Waals surface area contributed by atoms with E-state index in [2.05, 4.69) is 59.9 Å². The Morgan fingerprint density at radius 1 is 0.923 bits per heavy atom. The molecule has 2 heterocycles. The molecule has 2 rings (SSSR count). The predicted molar refractivity (Wildman–Crippen MR) is 58.6 cm³/mol. The van der Waals surface area contributed by atoms with E-state index in [0.29, 0.717) is 0 Å². The van der Waals surface area contributed by atoms with Crippen LogP contribution in [-0.4, -0.2) is 18.7 Å². The molecule has 0 saturated carbocycles. The molecule has 2 nitrogen and oxygen atoms in total. The van der Waals surface area contributed by atoms with Crippen LogP contribution in [0.4, 0.5) is 0 Å². The molecular formula is C10H14N2Si. The first kappa shape index (κ1) is 8.38. The first-order valence-corrected chi connectivity index (χ1v) is 5.89. The van der Waals surface area contributed by atoms with Gasteiger partial charge in [-0.15, -0.1) is 0 Å². The monoisotopic (exact) mass is 190 g/mol. The fourth-order valence-electron chi connectivity index (χ4n) is 1.55. The molecule has 2 aromatic heterocycles. The van der Waals surface area contributed by atoms with Crippen LogP contribution >= 0.6 is 0 Å². The molecule has 0 amide bonds. The molecule has 13 heavy (non-hydrogen) atoms. The van der Waals surface area contributed by atoms with Crippen molar-refractivity contribution >= 4 is 20.2 Å². The zero-order valence-corrected chi connectivity index (χ0v) is 9.48. The minimum absolute atomic E-state index is 0.282. The second-order valence-corrected chi connectivity index (χ2v) is 5.20. The van der Waals surface area contributed by atoms with Gasteiger partial charge in [-0.2, -0.15) is 0 Å². The van der Waals surface area contributed by atoms with Gasteiger partial charge in [0.2, 0.25) is 0 Å². The summed E-state index contributed by atoms with van der Waals surface area (Å²) in [4.78, 5) is 0. The summed E-state index contributed by atoms with van der Waals surface area (Å²) in [7, 11) is 3.95. The third-order valence-electron chi connectivity index (χ3n) is 2.46. The molecule has 2 aromatic rings. The number of nitrogens with zero attached hydrogens (tertiary/aromatic N) is 2. The summed E-state index contributed by atoms with van der Waals surface area (Å²) in [5.41, 5.74) is 0. The molecule has 0 aliphatic heterocycles. The molecular weight excluding hydrogens is 176 g/mol. The van der Waals surface area contributed by atoms with Crippen LogP contribution in [0.5, 0.6) is 0 Å². The Hall–Kier alpha value is -1.22. The lowest BCUT2D eigenvalue weighted by Crippen LogP contribution is -2.34. The SMILES string of the molecule is Cn1cccc1[SiH2]c1cccn1C. The second-order valence-electron chi connectivity index (χ2n) is 3.40. The molecule has 0 bridgehead atoms. The Kier molecular flexibility index (Phi) is 2.10. The Labute approximate surface area is 80.6 Å². The quantitative estimate of drug-likeness (QED) is 0.564. The maximum atomic E-state index is 2.22. The number of hydrogen-bond donors (Lipinski definition) is 0. The van der Waals surface area contributed by atoms with E-state index >= 15 is 0 Å². The van der Waals surface area contributed by atoms with E-state index < -0.39 is 0 Å². The normalized spacial score (nSPS) is 10.6. The van der Waals surface area contributed by atoms with Crippen molar-refractivity contribution in [2.24, 2.45) is 14.1 Å². The van der Waals surface area contributed by atoms with Crippen molar-refractivity contribution in [3.8, 4) is 0 Å². The van der Waals surface area contributed by atoms with Crippen molar-refractivity contribution in [3.05, 3.63) is 36.7 Å². The first-order chi connectivity index (χ1) is 6.27. The highest BCUT2D eigenvalue weighted by molar-refractivity contribution is 6.66. The van der Waals surface area contributed by atoms with Gasteiger partial charge < -0.3 is 9.13 Å². The minimum atomic E-state index is -0.282. The van der Waals surface area contributed by atoms with Crippen LogP contribution in [0.25, 0.3) is 0 Å². The molecule has 0 aliphatic rings. The average molecular weight is 190 g/mol. The summed E-state index contributed by atoms with van der Waals surface area (Å²) in [6.07, 6.45) is 4.23. The van der Waals surface area contributed by atoms with Crippen molar-refractivity contribution in [3.63, 3.8) is 0 Å². The van der Waals surface area contributed by atoms with Crippen LogP contribution in [0, 0.1) is 0 Å². The van der Waals surface area contributed by atoms with E-state index in [1.165, 1.54) is 10.6 Å². The Morgan fingerprint density at radius 2 is 1.38 bits per heavy atom. The summed E-state index contributed by atoms with van der Waals surface area (Å²) < 4.78 is 4.44. The lowest BCUT2D eigenvalue weighted by molar-refractivity contribution is 0.947. The van der Waals surface area contributed by atoms with Gasteiger partial charge in [-0.25, -0.2) is 0 Å². The van der Waals surface area contributed by atoms with Gasteiger partial charge in [0.1, 0.15) is 9.52 Å². The van der Waals surface area contributed by atoms with E-state index in [1.54, 1.807) is 0 Å². The average Bonchev–Trinajstić information content (AvgIpc) is 2.65. The minimum Gasteiger partial charge on any atom is -0.359 e. The van der Waals surface area contributed by atoms with Crippen molar-refractivity contribution in [1.82, 2.24) is 9.13 Å². The smallest absolute Gasteiger partial charge is 0.128 e. The van der Waals surface area contributed by atoms with Crippen LogP contribution in [-0.2, 0) is 14.1 Å². The molecule has 3 heteroatoms. The summed E-state index contributed by atoms with van der Waals surface area (Å²) in [5, 5.41) is 2.98. The highest BCUT2D eigenvalue weighted by Gasteiger charge is 2.02. The Morgan fingerprint density at radius 3 is 1.69 bits per heavy atom. The van der Waals surface area contributed by atoms with Gasteiger partial charge in [-0.1, -0.05) is 0 Å². The lowest BCUT2D eigenvalue weighted by atomic mass is 10.7. The number of aryl methyl sites for hydroxylation is 2. The molecule has 0 N–H and O–H groups in total. The van der Waals surface area contributed by atoms with Gasteiger partial charge in [-0.3, -0.25) is 0 Å². The molecule has 0 aromatic carbocycles. The molecule has 0 unspecified atom stereocenters. The maximum Gasteiger partial charge on any atom is 0.128 e. The van der Waals surface area contributed by atoms with Crippen molar-refractivity contribution in [2.75, 3.05) is 0 Å². The van der Waals surface area contributed by atoms with Gasteiger partial charge in [0.15, 0.2) is 0 Å². The van der Waals surface area contributed by atoms with Gasteiger partial charge in [-0.05, 0) is 24.3 Å². The molecule has 0 aliphatic carbocycles. The Balaban J connectivity index is 2.24. The van der Waals surface area contributed by atoms with Gasteiger partial charge in [0.25, 0.3) is 0 Å². The largest absolute Gasteiger partial charge is 0.359 e. The van der Waals surface area contributed by atoms with Crippen LogP contribution < -0.4 is 10.6 Å². The van der Waals surface area contributed by atoms with Crippen molar-refractivity contribution < 1.29 is 0 Å². The molecule has 0 atom stereocenters. The molecule has 68 valence electrons. The highest BCUT2D eigenvalue weighted by atomic mass is 28.2. The van der Waals surface area contributed by atoms with E-state index in [1.807, 2.05) is 0 Å². The molecule has 0 saturated heterocycles. The van der Waals surface area contributed by atoms with Gasteiger partial charge >= 0.3 is 0 Å². The van der Waals surface area contributed by atoms with Crippen LogP contribution in [0.2, 0.25) is 0 Å². The third-order valence-corrected chi connectivity index (χ3v) is 4.66. The van der Waals surface area contributed by atoms with E-state index in [0.717, 1.165) is 0 Å². The highest BCUT2D eigenvalue weighted by Crippen LogP contribution is 1.85. The molecule has 0 radical (unpaired) electrons. The van der Waals surface area contributed by atoms with Crippen LogP contribution in [0.3, 0.4) is 0 Å². The maximum absolute atomic E-state index is 2.22. The molecule has 0 spiro atoms. The van der Waals surface area contributed by atoms with E-state index in [9.17, 15) is 0 Å². The van der Waals surface area contributed by atoms with E-state index in [4.69, 9.17) is 0 Å². The summed E-state index contributed by atoms with van der Waals surface area (Å²) >= 11 is 0. The zero-order chi connectivity index (χ0) is 9.26. The van der Waals surface area contributed by atoms with Crippen molar-refractivity contribution in [1.29, 1.82) is 0 Å². The van der Waals surface area contributed by atoms with E-state index in [-0.39, 0.29) is 9.52 Å². The fourth-order valence-corrected chi connectivity index (χ4v) is 3.13. The fraction of sp³-hybridized carbons (Fsp3) is 0.200. The third kappa shape index (κ3) is 1.60. The summed E-state index contributed by atoms with van der Waals surface area (Å²) in [5.74, 6) is 0.